The number of amides is 1. The van der Waals surface area contributed by atoms with E-state index in [2.05, 4.69) is 11.4 Å². The molecule has 0 saturated carbocycles. The molecule has 1 fully saturated rings. The predicted molar refractivity (Wildman–Crippen MR) is 80.7 cm³/mol. The molecule has 1 amide bonds. The highest BCUT2D eigenvalue weighted by atomic mass is 32.2. The van der Waals surface area contributed by atoms with Crippen LogP contribution in [0.3, 0.4) is 0 Å². The molecule has 1 saturated heterocycles. The summed E-state index contributed by atoms with van der Waals surface area (Å²) in [6, 6.07) is 7.64. The Hall–Kier alpha value is -1.40. The minimum absolute atomic E-state index is 0.000694. The van der Waals surface area contributed by atoms with E-state index in [1.54, 1.807) is 4.90 Å². The first-order valence-electron chi connectivity index (χ1n) is 7.37. The van der Waals surface area contributed by atoms with Crippen molar-refractivity contribution in [1.82, 2.24) is 10.2 Å². The molecule has 1 N–H and O–H groups in total. The highest BCUT2D eigenvalue weighted by Crippen LogP contribution is 2.24. The van der Waals surface area contributed by atoms with Gasteiger partial charge in [-0.15, -0.1) is 0 Å². The Morgan fingerprint density at radius 2 is 2.00 bits per heavy atom. The van der Waals surface area contributed by atoms with Crippen LogP contribution in [0.25, 0.3) is 0 Å². The first-order chi connectivity index (χ1) is 10.1. The summed E-state index contributed by atoms with van der Waals surface area (Å²) in [4.78, 5) is 14.4. The Kier molecular flexibility index (Phi) is 3.99. The topological polar surface area (TPSA) is 66.5 Å². The summed E-state index contributed by atoms with van der Waals surface area (Å²) in [6.45, 7) is 1.61. The van der Waals surface area contributed by atoms with E-state index in [0.29, 0.717) is 19.5 Å². The molecule has 2 heterocycles. The van der Waals surface area contributed by atoms with Gasteiger partial charge in [-0.25, -0.2) is 8.42 Å². The Balaban J connectivity index is 1.80. The highest BCUT2D eigenvalue weighted by Gasteiger charge is 2.31. The summed E-state index contributed by atoms with van der Waals surface area (Å²) in [5.41, 5.74) is 2.23. The minimum atomic E-state index is -2.99. The largest absolute Gasteiger partial charge is 0.340 e. The van der Waals surface area contributed by atoms with Gasteiger partial charge < -0.3 is 10.2 Å². The molecule has 1 unspecified atom stereocenters. The van der Waals surface area contributed by atoms with E-state index in [-0.39, 0.29) is 23.5 Å². The highest BCUT2D eigenvalue weighted by molar-refractivity contribution is 7.91. The van der Waals surface area contributed by atoms with E-state index in [1.165, 1.54) is 5.56 Å². The molecule has 1 aromatic carbocycles. The average Bonchev–Trinajstić information content (AvgIpc) is 2.67. The van der Waals surface area contributed by atoms with Gasteiger partial charge in [0.2, 0.25) is 5.91 Å². The van der Waals surface area contributed by atoms with Gasteiger partial charge in [0, 0.05) is 19.6 Å². The van der Waals surface area contributed by atoms with Crippen molar-refractivity contribution in [3.63, 3.8) is 0 Å². The van der Waals surface area contributed by atoms with Crippen LogP contribution in [0.5, 0.6) is 0 Å². The molecule has 21 heavy (non-hydrogen) atoms. The standard InChI is InChI=1S/C15H20N2O3S/c18-15(17-8-3-10-21(19,20)11-9-17)14-13-5-2-1-4-12(13)6-7-16-14/h1-2,4-5,14,16H,3,6-11H2. The SMILES string of the molecule is O=C(C1NCCc2ccccc21)N1CCCS(=O)(=O)CC1. The second kappa shape index (κ2) is 5.77. The van der Waals surface area contributed by atoms with Crippen LogP contribution < -0.4 is 5.32 Å². The zero-order valence-electron chi connectivity index (χ0n) is 11.9. The summed E-state index contributed by atoms with van der Waals surface area (Å²) >= 11 is 0. The summed E-state index contributed by atoms with van der Waals surface area (Å²) in [6.07, 6.45) is 1.46. The first-order valence-corrected chi connectivity index (χ1v) is 9.19. The normalized spacial score (nSPS) is 25.0. The van der Waals surface area contributed by atoms with Crippen molar-refractivity contribution in [2.24, 2.45) is 0 Å². The maximum absolute atomic E-state index is 12.7. The van der Waals surface area contributed by atoms with Crippen molar-refractivity contribution in [2.75, 3.05) is 31.1 Å². The minimum Gasteiger partial charge on any atom is -0.340 e. The Labute approximate surface area is 125 Å². The van der Waals surface area contributed by atoms with Crippen LogP contribution in [0.4, 0.5) is 0 Å². The predicted octanol–water partition coefficient (Wildman–Crippen LogP) is 0.521. The zero-order chi connectivity index (χ0) is 14.9. The number of benzene rings is 1. The molecular formula is C15H20N2O3S. The average molecular weight is 308 g/mol. The number of carbonyl (C=O) groups is 1. The molecular weight excluding hydrogens is 288 g/mol. The molecule has 1 atom stereocenters. The summed E-state index contributed by atoms with van der Waals surface area (Å²) in [5, 5.41) is 3.27. The van der Waals surface area contributed by atoms with E-state index < -0.39 is 9.84 Å². The van der Waals surface area contributed by atoms with Gasteiger partial charge >= 0.3 is 0 Å². The summed E-state index contributed by atoms with van der Waals surface area (Å²) in [7, 11) is -2.99. The van der Waals surface area contributed by atoms with E-state index in [1.807, 2.05) is 18.2 Å². The van der Waals surface area contributed by atoms with E-state index in [0.717, 1.165) is 18.5 Å². The monoisotopic (exact) mass is 308 g/mol. The van der Waals surface area contributed by atoms with Crippen molar-refractivity contribution in [3.8, 4) is 0 Å². The molecule has 0 radical (unpaired) electrons. The maximum atomic E-state index is 12.7. The molecule has 114 valence electrons. The van der Waals surface area contributed by atoms with E-state index >= 15 is 0 Å². The second-order valence-corrected chi connectivity index (χ2v) is 7.97. The first kappa shape index (κ1) is 14.5. The van der Waals surface area contributed by atoms with Gasteiger partial charge in [-0.05, 0) is 24.0 Å². The van der Waals surface area contributed by atoms with Crippen LogP contribution in [-0.4, -0.2) is 50.4 Å². The van der Waals surface area contributed by atoms with Crippen LogP contribution in [0.15, 0.2) is 24.3 Å². The smallest absolute Gasteiger partial charge is 0.244 e. The van der Waals surface area contributed by atoms with Crippen LogP contribution in [0.1, 0.15) is 23.6 Å². The number of rotatable bonds is 1. The molecule has 0 spiro atoms. The van der Waals surface area contributed by atoms with Gasteiger partial charge in [0.1, 0.15) is 6.04 Å². The van der Waals surface area contributed by atoms with Crippen molar-refractivity contribution in [1.29, 1.82) is 0 Å². The van der Waals surface area contributed by atoms with Crippen molar-refractivity contribution < 1.29 is 13.2 Å². The van der Waals surface area contributed by atoms with Crippen LogP contribution in [0.2, 0.25) is 0 Å². The van der Waals surface area contributed by atoms with Crippen LogP contribution in [-0.2, 0) is 21.1 Å². The maximum Gasteiger partial charge on any atom is 0.244 e. The van der Waals surface area contributed by atoms with Gasteiger partial charge in [-0.1, -0.05) is 24.3 Å². The Morgan fingerprint density at radius 3 is 2.86 bits per heavy atom. The Bertz CT molecular complexity index is 642. The molecule has 6 heteroatoms. The number of carbonyl (C=O) groups excluding carboxylic acids is 1. The van der Waals surface area contributed by atoms with Gasteiger partial charge in [-0.2, -0.15) is 0 Å². The number of nitrogens with zero attached hydrogens (tertiary/aromatic N) is 1. The molecule has 2 aliphatic heterocycles. The lowest BCUT2D eigenvalue weighted by Crippen LogP contribution is -2.44. The van der Waals surface area contributed by atoms with E-state index in [9.17, 15) is 13.2 Å². The molecule has 0 aliphatic carbocycles. The summed E-state index contributed by atoms with van der Waals surface area (Å²) < 4.78 is 23.3. The third-order valence-electron chi connectivity index (χ3n) is 4.22. The van der Waals surface area contributed by atoms with Gasteiger partial charge in [0.25, 0.3) is 0 Å². The second-order valence-electron chi connectivity index (χ2n) is 5.67. The van der Waals surface area contributed by atoms with Gasteiger partial charge in [0.15, 0.2) is 9.84 Å². The molecule has 1 aromatic rings. The molecule has 2 aliphatic rings. The fourth-order valence-corrected chi connectivity index (χ4v) is 4.34. The van der Waals surface area contributed by atoms with E-state index in [4.69, 9.17) is 0 Å². The number of fused-ring (bicyclic) bond motifs is 1. The van der Waals surface area contributed by atoms with Crippen molar-refractivity contribution in [3.05, 3.63) is 35.4 Å². The number of sulfone groups is 1. The number of nitrogens with one attached hydrogen (secondary N) is 1. The van der Waals surface area contributed by atoms with Gasteiger partial charge in [-0.3, -0.25) is 4.79 Å². The lowest BCUT2D eigenvalue weighted by atomic mass is 9.93. The van der Waals surface area contributed by atoms with Gasteiger partial charge in [0.05, 0.1) is 11.5 Å². The van der Waals surface area contributed by atoms with Crippen LogP contribution >= 0.6 is 0 Å². The van der Waals surface area contributed by atoms with Crippen molar-refractivity contribution >= 4 is 15.7 Å². The zero-order valence-corrected chi connectivity index (χ0v) is 12.7. The third kappa shape index (κ3) is 3.11. The lowest BCUT2D eigenvalue weighted by Gasteiger charge is -2.30. The molecule has 3 rings (SSSR count). The quantitative estimate of drug-likeness (QED) is 0.821. The fraction of sp³-hybridized carbons (Fsp3) is 0.533. The fourth-order valence-electron chi connectivity index (χ4n) is 3.07. The number of hydrogen-bond acceptors (Lipinski definition) is 4. The molecule has 5 nitrogen and oxygen atoms in total. The lowest BCUT2D eigenvalue weighted by molar-refractivity contribution is -0.133. The third-order valence-corrected chi connectivity index (χ3v) is 5.94. The van der Waals surface area contributed by atoms with Crippen molar-refractivity contribution in [2.45, 2.75) is 18.9 Å². The molecule has 0 bridgehead atoms. The Morgan fingerprint density at radius 1 is 1.19 bits per heavy atom. The number of hydrogen-bond donors (Lipinski definition) is 1. The van der Waals surface area contributed by atoms with Crippen LogP contribution in [0, 0.1) is 0 Å². The molecule has 0 aromatic heterocycles. The summed E-state index contributed by atoms with van der Waals surface area (Å²) in [5.74, 6) is 0.262.